The predicted molar refractivity (Wildman–Crippen MR) is 126 cm³/mol. The zero-order valence-corrected chi connectivity index (χ0v) is 21.1. The molecular weight excluding hydrogens is 570 g/mol. The first kappa shape index (κ1) is 28.1. The van der Waals surface area contributed by atoms with E-state index in [2.05, 4.69) is 30.4 Å². The van der Waals surface area contributed by atoms with Crippen LogP contribution < -0.4 is 10.1 Å². The Bertz CT molecular complexity index is 1080. The van der Waals surface area contributed by atoms with Crippen molar-refractivity contribution in [3.63, 3.8) is 0 Å². The minimum atomic E-state index is -5.04. The fourth-order valence-corrected chi connectivity index (χ4v) is 3.86. The molecule has 2 aromatic rings. The van der Waals surface area contributed by atoms with Crippen molar-refractivity contribution in [2.24, 2.45) is 4.40 Å². The molecule has 0 aliphatic carbocycles. The normalized spacial score (nSPS) is 14.2. The molecule has 0 radical (unpaired) electrons. The number of nitro groups is 1. The van der Waals surface area contributed by atoms with Crippen molar-refractivity contribution in [3.8, 4) is 5.75 Å². The summed E-state index contributed by atoms with van der Waals surface area (Å²) in [4.78, 5) is 10.6. The van der Waals surface area contributed by atoms with E-state index in [1.54, 1.807) is 20.8 Å². The Labute approximate surface area is 209 Å². The smallest absolute Gasteiger partial charge is 0.573 e. The average Bonchev–Trinajstić information content (AvgIpc) is 2.67. The Morgan fingerprint density at radius 3 is 2.53 bits per heavy atom. The van der Waals surface area contributed by atoms with E-state index in [-0.39, 0.29) is 27.2 Å². The minimum Gasteiger partial charge on any atom is -0.591 e. The lowest BCUT2D eigenvalue weighted by molar-refractivity contribution is -0.384. The molecule has 14 heteroatoms. The summed E-state index contributed by atoms with van der Waals surface area (Å²) in [6, 6.07) is 4.15. The summed E-state index contributed by atoms with van der Waals surface area (Å²) in [5.74, 6) is -1.55. The summed E-state index contributed by atoms with van der Waals surface area (Å²) in [5, 5.41) is 14.1. The van der Waals surface area contributed by atoms with Crippen molar-refractivity contribution >= 4 is 56.5 Å². The van der Waals surface area contributed by atoms with Gasteiger partial charge in [-0.25, -0.2) is 4.39 Å². The van der Waals surface area contributed by atoms with Crippen molar-refractivity contribution in [1.82, 2.24) is 0 Å². The molecule has 2 rings (SSSR count). The van der Waals surface area contributed by atoms with Crippen LogP contribution in [0.5, 0.6) is 5.75 Å². The number of nitrogens with one attached hydrogen (secondary N) is 1. The Kier molecular flexibility index (Phi) is 9.19. The molecule has 0 fully saturated rings. The van der Waals surface area contributed by atoms with Crippen LogP contribution in [0.1, 0.15) is 38.8 Å². The van der Waals surface area contributed by atoms with Gasteiger partial charge in [-0.1, -0.05) is 22.1 Å². The topological polar surface area (TPSA) is 99.8 Å². The van der Waals surface area contributed by atoms with Crippen LogP contribution in [0.4, 0.5) is 28.9 Å². The molecular formula is C20H19BrClF4N3O4S. The molecule has 7 nitrogen and oxygen atoms in total. The first-order valence-electron chi connectivity index (χ1n) is 9.49. The summed E-state index contributed by atoms with van der Waals surface area (Å²) < 4.78 is 72.4. The third-order valence-corrected chi connectivity index (χ3v) is 6.51. The van der Waals surface area contributed by atoms with E-state index in [4.69, 9.17) is 11.6 Å². The molecule has 0 spiro atoms. The molecule has 0 heterocycles. The zero-order valence-electron chi connectivity index (χ0n) is 18.0. The van der Waals surface area contributed by atoms with Crippen LogP contribution in [-0.4, -0.2) is 26.8 Å². The van der Waals surface area contributed by atoms with Gasteiger partial charge >= 0.3 is 6.36 Å². The van der Waals surface area contributed by atoms with Gasteiger partial charge in [-0.15, -0.1) is 13.2 Å². The van der Waals surface area contributed by atoms with E-state index in [0.29, 0.717) is 6.07 Å². The molecule has 1 N–H and O–H groups in total. The largest absolute Gasteiger partial charge is 0.591 e. The lowest BCUT2D eigenvalue weighted by Crippen LogP contribution is -2.26. The number of hydrogen-bond donors (Lipinski definition) is 1. The summed E-state index contributed by atoms with van der Waals surface area (Å²) in [6.45, 7) is 5.04. The minimum absolute atomic E-state index is 0.118. The number of nitrogens with zero attached hydrogens (tertiary/aromatic N) is 2. The zero-order chi connectivity index (χ0) is 25.8. The van der Waals surface area contributed by atoms with Crippen molar-refractivity contribution in [3.05, 3.63) is 61.3 Å². The Morgan fingerprint density at radius 1 is 1.32 bits per heavy atom. The molecule has 0 bridgehead atoms. The van der Waals surface area contributed by atoms with Crippen molar-refractivity contribution < 1.29 is 31.8 Å². The van der Waals surface area contributed by atoms with E-state index in [9.17, 15) is 32.2 Å². The van der Waals surface area contributed by atoms with Crippen LogP contribution in [0.3, 0.4) is 0 Å². The second-order valence-electron chi connectivity index (χ2n) is 7.82. The van der Waals surface area contributed by atoms with Crippen LogP contribution in [0.15, 0.2) is 39.2 Å². The summed E-state index contributed by atoms with van der Waals surface area (Å²) >= 11 is 7.46. The fourth-order valence-electron chi connectivity index (χ4n) is 2.68. The summed E-state index contributed by atoms with van der Waals surface area (Å²) in [5.41, 5.74) is -1.04. The number of benzene rings is 2. The highest BCUT2D eigenvalue weighted by Gasteiger charge is 2.34. The lowest BCUT2D eigenvalue weighted by Gasteiger charge is -2.23. The number of ether oxygens (including phenoxy) is 1. The molecule has 2 aromatic carbocycles. The Balaban J connectivity index is 2.59. The van der Waals surface area contributed by atoms with Gasteiger partial charge in [-0.05, 0) is 54.9 Å². The molecule has 0 aliphatic heterocycles. The van der Waals surface area contributed by atoms with E-state index >= 15 is 0 Å². The van der Waals surface area contributed by atoms with Gasteiger partial charge in [0.2, 0.25) is 0 Å². The number of hydrogen-bond acceptors (Lipinski definition) is 6. The average molecular weight is 589 g/mol. The number of nitro benzene ring substituents is 1. The lowest BCUT2D eigenvalue weighted by atomic mass is 10.0. The predicted octanol–water partition coefficient (Wildman–Crippen LogP) is 7.12. The van der Waals surface area contributed by atoms with Crippen molar-refractivity contribution in [2.45, 2.75) is 44.3 Å². The first-order valence-corrected chi connectivity index (χ1v) is 11.8. The second-order valence-corrected chi connectivity index (χ2v) is 11.0. The van der Waals surface area contributed by atoms with Crippen LogP contribution in [0, 0.1) is 15.9 Å². The molecule has 0 aromatic heterocycles. The van der Waals surface area contributed by atoms with Crippen LogP contribution in [-0.2, 0) is 11.4 Å². The van der Waals surface area contributed by atoms with Crippen molar-refractivity contribution in [1.29, 1.82) is 0 Å². The van der Waals surface area contributed by atoms with Gasteiger partial charge in [0.05, 0.1) is 27.7 Å². The van der Waals surface area contributed by atoms with Gasteiger partial charge in [0, 0.05) is 17.0 Å². The molecule has 0 aliphatic rings. The number of rotatable bonds is 8. The second kappa shape index (κ2) is 11.1. The highest BCUT2D eigenvalue weighted by atomic mass is 79.9. The Hall–Kier alpha value is -2.09. The number of alkyl halides is 3. The van der Waals surface area contributed by atoms with Crippen LogP contribution in [0.2, 0.25) is 5.02 Å². The third-order valence-electron chi connectivity index (χ3n) is 4.19. The maximum Gasteiger partial charge on any atom is 0.573 e. The molecule has 0 saturated carbocycles. The molecule has 34 heavy (non-hydrogen) atoms. The van der Waals surface area contributed by atoms with Gasteiger partial charge in [0.15, 0.2) is 0 Å². The molecule has 2 atom stereocenters. The molecule has 0 amide bonds. The number of halogens is 6. The van der Waals surface area contributed by atoms with Gasteiger partial charge in [-0.2, -0.15) is 0 Å². The first-order chi connectivity index (χ1) is 15.6. The van der Waals surface area contributed by atoms with E-state index in [1.807, 2.05) is 0 Å². The molecule has 186 valence electrons. The van der Waals surface area contributed by atoms with E-state index in [0.717, 1.165) is 12.1 Å². The van der Waals surface area contributed by atoms with E-state index < -0.39 is 50.7 Å². The fraction of sp³-hybridized carbons (Fsp3) is 0.350. The quantitative estimate of drug-likeness (QED) is 0.116. The summed E-state index contributed by atoms with van der Waals surface area (Å²) in [6.07, 6.45) is -4.02. The highest BCUT2D eigenvalue weighted by molar-refractivity contribution is 9.10. The third kappa shape index (κ3) is 7.72. The highest BCUT2D eigenvalue weighted by Crippen LogP contribution is 2.40. The maximum atomic E-state index is 13.9. The molecule has 0 saturated heterocycles. The SMILES string of the molecule is CC(C)(C)[S+]([O-])N=CCC(Nc1cc(Br)c(F)cc1[N+](=O)[O-])c1c(Cl)cccc1OC(F)(F)F. The monoisotopic (exact) mass is 587 g/mol. The standard InChI is InChI=1S/C20H19BrClF4N3O4S/c1-19(2,3)34(32)27-8-7-14(18-12(22)5-4-6-17(18)33-20(24,25)26)28-15-9-11(21)13(23)10-16(15)29(30)31/h4-6,8-10,14,28H,7H2,1-3H3. The van der Waals surface area contributed by atoms with Crippen molar-refractivity contribution in [2.75, 3.05) is 5.32 Å². The maximum absolute atomic E-state index is 13.9. The summed E-state index contributed by atoms with van der Waals surface area (Å²) in [7, 11) is 0. The van der Waals surface area contributed by atoms with Gasteiger partial charge < -0.3 is 14.6 Å². The van der Waals surface area contributed by atoms with Gasteiger partial charge in [0.1, 0.15) is 33.4 Å². The van der Waals surface area contributed by atoms with Crippen LogP contribution >= 0.6 is 27.5 Å². The molecule has 2 unspecified atom stereocenters. The Morgan fingerprint density at radius 2 is 1.97 bits per heavy atom. The van der Waals surface area contributed by atoms with Gasteiger partial charge in [0.25, 0.3) is 5.69 Å². The number of anilines is 1. The van der Waals surface area contributed by atoms with E-state index in [1.165, 1.54) is 18.3 Å². The van der Waals surface area contributed by atoms with Crippen LogP contribution in [0.25, 0.3) is 0 Å². The van der Waals surface area contributed by atoms with Gasteiger partial charge in [-0.3, -0.25) is 10.1 Å².